The first kappa shape index (κ1) is 20.0. The average molecular weight is 397 g/mol. The zero-order chi connectivity index (χ0) is 20.5. The van der Waals surface area contributed by atoms with Gasteiger partial charge in [-0.15, -0.1) is 0 Å². The van der Waals surface area contributed by atoms with Crippen molar-refractivity contribution in [3.8, 4) is 0 Å². The number of nitrogens with one attached hydrogen (secondary N) is 1. The molecule has 2 amide bonds. The van der Waals surface area contributed by atoms with Crippen LogP contribution in [0.4, 0.5) is 0 Å². The number of rotatable bonds is 3. The highest BCUT2D eigenvalue weighted by molar-refractivity contribution is 5.99. The molecular weight excluding hydrogens is 364 g/mol. The second-order valence-corrected chi connectivity index (χ2v) is 8.73. The van der Waals surface area contributed by atoms with Crippen LogP contribution in [0.2, 0.25) is 0 Å². The molecule has 2 aliphatic rings. The van der Waals surface area contributed by atoms with Gasteiger partial charge in [0.05, 0.1) is 6.54 Å². The smallest absolute Gasteiger partial charge is 0.270 e. The summed E-state index contributed by atoms with van der Waals surface area (Å²) in [6.07, 6.45) is 3.44. The highest BCUT2D eigenvalue weighted by Gasteiger charge is 2.28. The summed E-state index contributed by atoms with van der Waals surface area (Å²) in [6.45, 7) is 10.5. The molecule has 1 N–H and O–H groups in total. The quantitative estimate of drug-likeness (QED) is 0.868. The van der Waals surface area contributed by atoms with E-state index in [0.717, 1.165) is 43.4 Å². The van der Waals surface area contributed by atoms with Gasteiger partial charge in [0.2, 0.25) is 5.91 Å². The van der Waals surface area contributed by atoms with E-state index in [1.165, 1.54) is 17.5 Å². The summed E-state index contributed by atoms with van der Waals surface area (Å²) in [5.41, 5.74) is 4.05. The molecule has 0 aliphatic carbocycles. The van der Waals surface area contributed by atoms with Crippen molar-refractivity contribution in [2.24, 2.45) is 0 Å². The van der Waals surface area contributed by atoms with Gasteiger partial charge in [0.25, 0.3) is 5.91 Å². The van der Waals surface area contributed by atoms with Gasteiger partial charge in [0.15, 0.2) is 0 Å². The van der Waals surface area contributed by atoms with Crippen LogP contribution in [0.15, 0.2) is 18.2 Å². The van der Waals surface area contributed by atoms with Gasteiger partial charge in [-0.3, -0.25) is 14.5 Å². The van der Waals surface area contributed by atoms with E-state index in [4.69, 9.17) is 0 Å². The number of piperazine rings is 1. The maximum atomic E-state index is 13.0. The van der Waals surface area contributed by atoms with Crippen molar-refractivity contribution in [3.63, 3.8) is 0 Å². The van der Waals surface area contributed by atoms with Crippen LogP contribution in [-0.4, -0.2) is 76.8 Å². The fraction of sp³-hybridized carbons (Fsp3) is 0.565. The van der Waals surface area contributed by atoms with Gasteiger partial charge in [-0.2, -0.15) is 0 Å². The molecule has 0 bridgehead atoms. The number of aromatic nitrogens is 1. The zero-order valence-electron chi connectivity index (χ0n) is 17.8. The predicted molar refractivity (Wildman–Crippen MR) is 115 cm³/mol. The SMILES string of the molecule is Cc1cc(C)c2cc(C(=O)N3CCN(CC(=O)N4CCCCC4C)CC3)[nH]c2c1. The van der Waals surface area contributed by atoms with Crippen LogP contribution in [-0.2, 0) is 4.79 Å². The van der Waals surface area contributed by atoms with E-state index in [2.05, 4.69) is 42.8 Å². The number of likely N-dealkylation sites (tertiary alicyclic amines) is 1. The molecule has 1 aromatic carbocycles. The van der Waals surface area contributed by atoms with E-state index in [1.54, 1.807) is 0 Å². The van der Waals surface area contributed by atoms with Crippen LogP contribution in [0.1, 0.15) is 47.8 Å². The normalized spacial score (nSPS) is 21.0. The Morgan fingerprint density at radius 2 is 1.79 bits per heavy atom. The Balaban J connectivity index is 1.35. The molecule has 2 fully saturated rings. The van der Waals surface area contributed by atoms with Crippen molar-refractivity contribution in [2.75, 3.05) is 39.3 Å². The van der Waals surface area contributed by atoms with E-state index in [9.17, 15) is 9.59 Å². The first-order valence-electron chi connectivity index (χ1n) is 10.8. The third kappa shape index (κ3) is 4.17. The summed E-state index contributed by atoms with van der Waals surface area (Å²) in [4.78, 5) is 35.1. The first-order chi connectivity index (χ1) is 13.9. The van der Waals surface area contributed by atoms with Crippen LogP contribution in [0.5, 0.6) is 0 Å². The Morgan fingerprint density at radius 1 is 1.03 bits per heavy atom. The van der Waals surface area contributed by atoms with Gasteiger partial charge < -0.3 is 14.8 Å². The number of aryl methyl sites for hydroxylation is 2. The number of H-pyrrole nitrogens is 1. The van der Waals surface area contributed by atoms with E-state index in [0.29, 0.717) is 31.4 Å². The number of nitrogens with zero attached hydrogens (tertiary/aromatic N) is 3. The highest BCUT2D eigenvalue weighted by atomic mass is 16.2. The summed E-state index contributed by atoms with van der Waals surface area (Å²) in [5, 5.41) is 1.11. The Kier molecular flexibility index (Phi) is 5.63. The molecule has 2 saturated heterocycles. The predicted octanol–water partition coefficient (Wildman–Crippen LogP) is 2.94. The van der Waals surface area contributed by atoms with Gasteiger partial charge >= 0.3 is 0 Å². The standard InChI is InChI=1S/C23H32N4O2/c1-16-12-17(2)19-14-21(24-20(19)13-16)23(29)26-10-8-25(9-11-26)15-22(28)27-7-5-4-6-18(27)3/h12-14,18,24H,4-11,15H2,1-3H3. The molecule has 0 saturated carbocycles. The van der Waals surface area contributed by atoms with Crippen molar-refractivity contribution < 1.29 is 9.59 Å². The van der Waals surface area contributed by atoms with Gasteiger partial charge in [0, 0.05) is 49.7 Å². The van der Waals surface area contributed by atoms with Gasteiger partial charge in [-0.05, 0) is 63.3 Å². The maximum Gasteiger partial charge on any atom is 0.270 e. The molecule has 6 heteroatoms. The minimum Gasteiger partial charge on any atom is -0.351 e. The lowest BCUT2D eigenvalue weighted by molar-refractivity contribution is -0.136. The molecule has 2 aromatic rings. The highest BCUT2D eigenvalue weighted by Crippen LogP contribution is 2.23. The monoisotopic (exact) mass is 396 g/mol. The fourth-order valence-corrected chi connectivity index (χ4v) is 4.74. The van der Waals surface area contributed by atoms with Gasteiger partial charge in [-0.25, -0.2) is 0 Å². The number of aromatic amines is 1. The van der Waals surface area contributed by atoms with Gasteiger partial charge in [0.1, 0.15) is 5.69 Å². The van der Waals surface area contributed by atoms with Crippen molar-refractivity contribution in [3.05, 3.63) is 35.0 Å². The average Bonchev–Trinajstić information content (AvgIpc) is 3.12. The molecule has 2 aliphatic heterocycles. The molecule has 156 valence electrons. The first-order valence-corrected chi connectivity index (χ1v) is 10.8. The third-order valence-corrected chi connectivity index (χ3v) is 6.46. The molecule has 3 heterocycles. The summed E-state index contributed by atoms with van der Waals surface area (Å²) >= 11 is 0. The number of carbonyl (C=O) groups excluding carboxylic acids is 2. The third-order valence-electron chi connectivity index (χ3n) is 6.46. The Morgan fingerprint density at radius 3 is 2.52 bits per heavy atom. The fourth-order valence-electron chi connectivity index (χ4n) is 4.74. The number of carbonyl (C=O) groups is 2. The lowest BCUT2D eigenvalue weighted by Crippen LogP contribution is -2.53. The Bertz CT molecular complexity index is 911. The molecule has 1 aromatic heterocycles. The lowest BCUT2D eigenvalue weighted by atomic mass is 10.0. The second kappa shape index (κ2) is 8.19. The minimum absolute atomic E-state index is 0.0499. The van der Waals surface area contributed by atoms with Crippen LogP contribution < -0.4 is 0 Å². The lowest BCUT2D eigenvalue weighted by Gasteiger charge is -2.38. The molecule has 1 unspecified atom stereocenters. The molecule has 4 rings (SSSR count). The van der Waals surface area contributed by atoms with E-state index < -0.39 is 0 Å². The summed E-state index contributed by atoms with van der Waals surface area (Å²) in [7, 11) is 0. The van der Waals surface area contributed by atoms with Crippen LogP contribution in [0.25, 0.3) is 10.9 Å². The zero-order valence-corrected chi connectivity index (χ0v) is 17.8. The largest absolute Gasteiger partial charge is 0.351 e. The molecular formula is C23H32N4O2. The number of piperidine rings is 1. The van der Waals surface area contributed by atoms with Crippen molar-refractivity contribution in [1.82, 2.24) is 19.7 Å². The summed E-state index contributed by atoms with van der Waals surface area (Å²) < 4.78 is 0. The summed E-state index contributed by atoms with van der Waals surface area (Å²) in [5.74, 6) is 0.285. The van der Waals surface area contributed by atoms with E-state index >= 15 is 0 Å². The van der Waals surface area contributed by atoms with Gasteiger partial charge in [-0.1, -0.05) is 6.07 Å². The summed E-state index contributed by atoms with van der Waals surface area (Å²) in [6, 6.07) is 6.56. The number of benzene rings is 1. The van der Waals surface area contributed by atoms with Crippen LogP contribution in [0.3, 0.4) is 0 Å². The Hall–Kier alpha value is -2.34. The van der Waals surface area contributed by atoms with Crippen LogP contribution in [0, 0.1) is 13.8 Å². The number of fused-ring (bicyclic) bond motifs is 1. The van der Waals surface area contributed by atoms with Crippen LogP contribution >= 0.6 is 0 Å². The minimum atomic E-state index is 0.0499. The molecule has 1 atom stereocenters. The van der Waals surface area contributed by atoms with E-state index in [-0.39, 0.29) is 11.8 Å². The maximum absolute atomic E-state index is 13.0. The van der Waals surface area contributed by atoms with E-state index in [1.807, 2.05) is 15.9 Å². The number of hydrogen-bond donors (Lipinski definition) is 1. The molecule has 0 radical (unpaired) electrons. The molecule has 0 spiro atoms. The molecule has 6 nitrogen and oxygen atoms in total. The van der Waals surface area contributed by atoms with Crippen molar-refractivity contribution >= 4 is 22.7 Å². The molecule has 29 heavy (non-hydrogen) atoms. The van der Waals surface area contributed by atoms with Crippen molar-refractivity contribution in [2.45, 2.75) is 46.1 Å². The second-order valence-electron chi connectivity index (χ2n) is 8.73. The topological polar surface area (TPSA) is 59.7 Å². The van der Waals surface area contributed by atoms with Crippen molar-refractivity contribution in [1.29, 1.82) is 0 Å². The number of hydrogen-bond acceptors (Lipinski definition) is 3. The number of amides is 2. The Labute approximate surface area is 172 Å².